The summed E-state index contributed by atoms with van der Waals surface area (Å²) in [6.45, 7) is 2.74. The van der Waals surface area contributed by atoms with Crippen LogP contribution in [0.5, 0.6) is 5.88 Å². The summed E-state index contributed by atoms with van der Waals surface area (Å²) in [7, 11) is 7.96. The van der Waals surface area contributed by atoms with Gasteiger partial charge in [-0.05, 0) is 79.4 Å². The lowest BCUT2D eigenvalue weighted by atomic mass is 10.4. The zero-order chi connectivity index (χ0) is 27.0. The van der Waals surface area contributed by atoms with Crippen molar-refractivity contribution in [3.8, 4) is 5.88 Å². The second kappa shape index (κ2) is 18.3. The lowest BCUT2D eigenvalue weighted by Crippen LogP contribution is -2.15. The van der Waals surface area contributed by atoms with Crippen LogP contribution in [-0.2, 0) is 0 Å². The Kier molecular flexibility index (Phi) is 17.3. The SMILES string of the molecule is CN(C)CCCO.CN(C)CCCOc1ncc([N+](=O)[O-])cc1Br.O=[N+]([O-])c1cnc(Cl)c(Br)c1. The zero-order valence-electron chi connectivity index (χ0n) is 19.9. The Balaban J connectivity index is 0.000000550. The summed E-state index contributed by atoms with van der Waals surface area (Å²) in [6, 6.07) is 2.68. The standard InChI is InChI=1S/C10H14BrN3O3.C5H2BrClN2O2.C5H13NO/c1-13(2)4-3-5-17-10-9(11)6-8(7-12-10)14(15)16;6-4-1-3(9(10)11)2-8-5(4)7;1-6(2)4-3-5-7/h6-7H,3-5H2,1-2H3;1-2H;7H,3-5H2,1-2H3. The Labute approximate surface area is 225 Å². The Morgan fingerprint density at radius 2 is 1.43 bits per heavy atom. The fourth-order valence-electron chi connectivity index (χ4n) is 2.07. The fourth-order valence-corrected chi connectivity index (χ4v) is 2.96. The summed E-state index contributed by atoms with van der Waals surface area (Å²) >= 11 is 11.7. The molecule has 0 saturated heterocycles. The van der Waals surface area contributed by atoms with Crippen molar-refractivity contribution in [3.63, 3.8) is 0 Å². The van der Waals surface area contributed by atoms with Gasteiger partial charge in [0, 0.05) is 25.3 Å². The monoisotopic (exact) mass is 642 g/mol. The quantitative estimate of drug-likeness (QED) is 0.171. The number of hydrogen-bond acceptors (Lipinski definition) is 10. The number of hydrogen-bond donors (Lipinski definition) is 1. The molecule has 0 amide bonds. The zero-order valence-corrected chi connectivity index (χ0v) is 23.8. The molecule has 0 radical (unpaired) electrons. The number of aliphatic hydroxyl groups is 1. The first-order chi connectivity index (χ1) is 16.4. The highest BCUT2D eigenvalue weighted by Crippen LogP contribution is 2.26. The van der Waals surface area contributed by atoms with Crippen LogP contribution < -0.4 is 4.74 Å². The van der Waals surface area contributed by atoms with E-state index in [0.29, 0.717) is 28.0 Å². The highest BCUT2D eigenvalue weighted by molar-refractivity contribution is 9.10. The largest absolute Gasteiger partial charge is 0.477 e. The number of pyridine rings is 2. The van der Waals surface area contributed by atoms with Gasteiger partial charge in [0.2, 0.25) is 5.88 Å². The van der Waals surface area contributed by atoms with Crippen LogP contribution >= 0.6 is 43.5 Å². The maximum atomic E-state index is 10.5. The number of halogens is 3. The first-order valence-electron chi connectivity index (χ1n) is 10.2. The molecular weight excluding hydrogens is 616 g/mol. The van der Waals surface area contributed by atoms with E-state index in [9.17, 15) is 20.2 Å². The molecule has 0 atom stereocenters. The van der Waals surface area contributed by atoms with Gasteiger partial charge in [-0.1, -0.05) is 11.6 Å². The van der Waals surface area contributed by atoms with Crippen LogP contribution in [0.3, 0.4) is 0 Å². The van der Waals surface area contributed by atoms with Gasteiger partial charge in [-0.25, -0.2) is 9.97 Å². The normalized spacial score (nSPS) is 10.2. The van der Waals surface area contributed by atoms with E-state index in [0.717, 1.165) is 32.1 Å². The Bertz CT molecular complexity index is 939. The fraction of sp³-hybridized carbons (Fsp3) is 0.500. The van der Waals surface area contributed by atoms with Crippen molar-refractivity contribution in [1.29, 1.82) is 0 Å². The van der Waals surface area contributed by atoms with Crippen LogP contribution in [0.1, 0.15) is 12.8 Å². The molecule has 0 saturated carbocycles. The number of ether oxygens (including phenoxy) is 1. The third-order valence-corrected chi connectivity index (χ3v) is 5.45. The van der Waals surface area contributed by atoms with Crippen molar-refractivity contribution in [2.75, 3.05) is 54.5 Å². The predicted molar refractivity (Wildman–Crippen MR) is 141 cm³/mol. The Hall–Kier alpha value is -1.97. The molecule has 0 fully saturated rings. The third kappa shape index (κ3) is 15.6. The minimum Gasteiger partial charge on any atom is -0.477 e. The molecule has 2 aromatic rings. The summed E-state index contributed by atoms with van der Waals surface area (Å²) in [4.78, 5) is 31.2. The number of aromatic nitrogens is 2. The van der Waals surface area contributed by atoms with E-state index in [2.05, 4.69) is 51.6 Å². The van der Waals surface area contributed by atoms with Gasteiger partial charge in [-0.3, -0.25) is 20.2 Å². The van der Waals surface area contributed by atoms with E-state index in [1.54, 1.807) is 0 Å². The lowest BCUT2D eigenvalue weighted by Gasteiger charge is -2.10. The average molecular weight is 645 g/mol. The minimum atomic E-state index is -0.534. The maximum absolute atomic E-state index is 10.5. The molecule has 0 unspecified atom stereocenters. The topological polar surface area (TPSA) is 148 Å². The van der Waals surface area contributed by atoms with Crippen LogP contribution in [0, 0.1) is 20.2 Å². The number of rotatable bonds is 10. The molecule has 2 heterocycles. The number of aliphatic hydroxyl groups excluding tert-OH is 1. The summed E-state index contributed by atoms with van der Waals surface area (Å²) < 4.78 is 6.34. The summed E-state index contributed by atoms with van der Waals surface area (Å²) in [6.07, 6.45) is 4.05. The van der Waals surface area contributed by atoms with Crippen LogP contribution in [0.4, 0.5) is 11.4 Å². The first-order valence-corrected chi connectivity index (χ1v) is 12.1. The smallest absolute Gasteiger partial charge is 0.288 e. The Morgan fingerprint density at radius 1 is 0.943 bits per heavy atom. The van der Waals surface area contributed by atoms with Gasteiger partial charge in [0.1, 0.15) is 17.5 Å². The molecule has 0 aromatic carbocycles. The molecule has 0 bridgehead atoms. The summed E-state index contributed by atoms with van der Waals surface area (Å²) in [5.74, 6) is 0.384. The van der Waals surface area contributed by atoms with E-state index >= 15 is 0 Å². The van der Waals surface area contributed by atoms with Crippen molar-refractivity contribution in [3.05, 3.63) is 58.9 Å². The van der Waals surface area contributed by atoms with Crippen molar-refractivity contribution < 1.29 is 19.7 Å². The molecule has 0 aliphatic carbocycles. The number of nitrogens with zero attached hydrogens (tertiary/aromatic N) is 6. The molecule has 0 aliphatic rings. The summed E-state index contributed by atoms with van der Waals surface area (Å²) in [5.41, 5.74) is -0.140. The maximum Gasteiger partial charge on any atom is 0.288 e. The molecule has 0 spiro atoms. The van der Waals surface area contributed by atoms with Crippen LogP contribution in [0.2, 0.25) is 5.15 Å². The molecule has 196 valence electrons. The van der Waals surface area contributed by atoms with Crippen molar-refractivity contribution >= 4 is 54.8 Å². The van der Waals surface area contributed by atoms with E-state index in [1.807, 2.05) is 28.2 Å². The van der Waals surface area contributed by atoms with Gasteiger partial charge in [0.25, 0.3) is 11.4 Å². The third-order valence-electron chi connectivity index (χ3n) is 3.75. The van der Waals surface area contributed by atoms with Crippen molar-refractivity contribution in [2.24, 2.45) is 0 Å². The molecule has 12 nitrogen and oxygen atoms in total. The number of nitro groups is 2. The van der Waals surface area contributed by atoms with Crippen LogP contribution in [0.15, 0.2) is 33.5 Å². The molecule has 2 rings (SSSR count). The van der Waals surface area contributed by atoms with Gasteiger partial charge in [-0.15, -0.1) is 0 Å². The van der Waals surface area contributed by atoms with Gasteiger partial charge in [-0.2, -0.15) is 0 Å². The predicted octanol–water partition coefficient (Wildman–Crippen LogP) is 4.42. The van der Waals surface area contributed by atoms with Gasteiger partial charge in [0.15, 0.2) is 0 Å². The molecule has 15 heteroatoms. The average Bonchev–Trinajstić information content (AvgIpc) is 2.78. The second-order valence-corrected chi connectivity index (χ2v) is 9.41. The lowest BCUT2D eigenvalue weighted by molar-refractivity contribution is -0.385. The highest BCUT2D eigenvalue weighted by atomic mass is 79.9. The summed E-state index contributed by atoms with van der Waals surface area (Å²) in [5, 5.41) is 29.2. The van der Waals surface area contributed by atoms with Gasteiger partial charge >= 0.3 is 0 Å². The minimum absolute atomic E-state index is 0.0579. The van der Waals surface area contributed by atoms with E-state index in [1.165, 1.54) is 18.3 Å². The first kappa shape index (κ1) is 33.0. The molecule has 2 aromatic heterocycles. The molecule has 0 aliphatic heterocycles. The van der Waals surface area contributed by atoms with E-state index in [-0.39, 0.29) is 16.5 Å². The highest BCUT2D eigenvalue weighted by Gasteiger charge is 2.11. The second-order valence-electron chi connectivity index (χ2n) is 7.35. The Morgan fingerprint density at radius 3 is 1.83 bits per heavy atom. The van der Waals surface area contributed by atoms with Gasteiger partial charge in [0.05, 0.1) is 25.4 Å². The van der Waals surface area contributed by atoms with Gasteiger partial charge < -0.3 is 19.6 Å². The molecular formula is C20H29Br2ClN6O6. The van der Waals surface area contributed by atoms with E-state index < -0.39 is 9.85 Å². The molecule has 35 heavy (non-hydrogen) atoms. The van der Waals surface area contributed by atoms with Crippen molar-refractivity contribution in [2.45, 2.75) is 12.8 Å². The van der Waals surface area contributed by atoms with Crippen LogP contribution in [0.25, 0.3) is 0 Å². The molecule has 1 N–H and O–H groups in total. The van der Waals surface area contributed by atoms with Crippen LogP contribution in [-0.4, -0.2) is 89.2 Å². The van der Waals surface area contributed by atoms with E-state index in [4.69, 9.17) is 21.4 Å². The van der Waals surface area contributed by atoms with Crippen molar-refractivity contribution in [1.82, 2.24) is 19.8 Å².